The van der Waals surface area contributed by atoms with Crippen LogP contribution >= 0.6 is 0 Å². The number of piperidine rings is 1. The molecule has 8 heteroatoms. The first-order valence-electron chi connectivity index (χ1n) is 7.28. The molecule has 0 N–H and O–H groups in total. The second-order valence-electron chi connectivity index (χ2n) is 5.92. The fourth-order valence-corrected chi connectivity index (χ4v) is 3.59. The first-order chi connectivity index (χ1) is 10.8. The highest BCUT2D eigenvalue weighted by molar-refractivity contribution is 5.74. The molecule has 23 heavy (non-hydrogen) atoms. The highest BCUT2D eigenvalue weighted by atomic mass is 19.2. The van der Waals surface area contributed by atoms with Crippen LogP contribution in [0.1, 0.15) is 32.6 Å². The third-order valence-corrected chi connectivity index (χ3v) is 4.51. The summed E-state index contributed by atoms with van der Waals surface area (Å²) in [5.74, 6) is -11.5. The first kappa shape index (κ1) is 16.0. The molecule has 3 atom stereocenters. The molecule has 2 fully saturated rings. The molecule has 0 unspecified atom stereocenters. The zero-order valence-corrected chi connectivity index (χ0v) is 12.2. The van der Waals surface area contributed by atoms with E-state index in [9.17, 15) is 26.7 Å². The average molecular weight is 335 g/mol. The number of benzene rings is 1. The zero-order chi connectivity index (χ0) is 16.9. The molecular weight excluding hydrogens is 321 g/mol. The van der Waals surface area contributed by atoms with Crippen molar-refractivity contribution >= 4 is 5.91 Å². The third kappa shape index (κ3) is 2.53. The van der Waals surface area contributed by atoms with E-state index in [4.69, 9.17) is 4.74 Å². The smallest absolute Gasteiger partial charge is 0.219 e. The summed E-state index contributed by atoms with van der Waals surface area (Å²) >= 11 is 0. The van der Waals surface area contributed by atoms with Crippen LogP contribution in [-0.4, -0.2) is 29.0 Å². The van der Waals surface area contributed by atoms with Gasteiger partial charge in [-0.1, -0.05) is 0 Å². The second-order valence-corrected chi connectivity index (χ2v) is 5.92. The Hall–Kier alpha value is -1.86. The number of amides is 1. The van der Waals surface area contributed by atoms with E-state index in [0.717, 1.165) is 12.8 Å². The van der Waals surface area contributed by atoms with Crippen molar-refractivity contribution in [3.63, 3.8) is 0 Å². The maximum atomic E-state index is 13.7. The van der Waals surface area contributed by atoms with Crippen LogP contribution in [-0.2, 0) is 4.79 Å². The summed E-state index contributed by atoms with van der Waals surface area (Å²) in [6, 6.07) is -0.255. The molecule has 0 aliphatic carbocycles. The van der Waals surface area contributed by atoms with Crippen molar-refractivity contribution in [2.45, 2.75) is 50.8 Å². The monoisotopic (exact) mass is 335 g/mol. The lowest BCUT2D eigenvalue weighted by molar-refractivity contribution is -0.134. The molecule has 1 amide bonds. The van der Waals surface area contributed by atoms with E-state index in [2.05, 4.69) is 0 Å². The molecule has 1 aromatic rings. The van der Waals surface area contributed by atoms with E-state index in [1.807, 2.05) is 0 Å². The maximum absolute atomic E-state index is 13.7. The standard InChI is InChI=1S/C15H14F5NO2/c1-6(22)21-7-2-3-8(21)5-9(4-7)23-15-13(19)11(17)10(16)12(18)14(15)20/h7-9H,2-5H2,1H3/t7-,8+,9-. The number of carbonyl (C=O) groups excluding carboxylic acids is 1. The highest BCUT2D eigenvalue weighted by Crippen LogP contribution is 2.38. The zero-order valence-electron chi connectivity index (χ0n) is 12.2. The molecule has 2 aliphatic rings. The van der Waals surface area contributed by atoms with Crippen molar-refractivity contribution < 1.29 is 31.5 Å². The quantitative estimate of drug-likeness (QED) is 0.471. The van der Waals surface area contributed by atoms with Crippen molar-refractivity contribution in [1.82, 2.24) is 4.90 Å². The largest absolute Gasteiger partial charge is 0.484 e. The topological polar surface area (TPSA) is 29.5 Å². The van der Waals surface area contributed by atoms with Gasteiger partial charge in [-0.25, -0.2) is 13.2 Å². The molecule has 2 saturated heterocycles. The molecule has 2 aliphatic heterocycles. The van der Waals surface area contributed by atoms with Crippen LogP contribution in [0.25, 0.3) is 0 Å². The molecule has 3 nitrogen and oxygen atoms in total. The van der Waals surface area contributed by atoms with Crippen molar-refractivity contribution in [1.29, 1.82) is 0 Å². The summed E-state index contributed by atoms with van der Waals surface area (Å²) < 4.78 is 71.8. The van der Waals surface area contributed by atoms with E-state index >= 15 is 0 Å². The van der Waals surface area contributed by atoms with Gasteiger partial charge >= 0.3 is 0 Å². The number of hydrogen-bond acceptors (Lipinski definition) is 2. The van der Waals surface area contributed by atoms with Crippen molar-refractivity contribution in [3.8, 4) is 5.75 Å². The second kappa shape index (κ2) is 5.65. The molecule has 1 aromatic carbocycles. The van der Waals surface area contributed by atoms with Gasteiger partial charge in [0.1, 0.15) is 6.10 Å². The number of carbonyl (C=O) groups is 1. The summed E-state index contributed by atoms with van der Waals surface area (Å²) in [5, 5.41) is 0. The van der Waals surface area contributed by atoms with E-state index < -0.39 is 40.9 Å². The maximum Gasteiger partial charge on any atom is 0.219 e. The van der Waals surface area contributed by atoms with Gasteiger partial charge in [-0.2, -0.15) is 8.78 Å². The molecule has 0 saturated carbocycles. The Bertz CT molecular complexity index is 623. The summed E-state index contributed by atoms with van der Waals surface area (Å²) in [5.41, 5.74) is 0. The van der Waals surface area contributed by atoms with Gasteiger partial charge in [0.25, 0.3) is 0 Å². The van der Waals surface area contributed by atoms with Gasteiger partial charge in [-0.3, -0.25) is 4.79 Å². The van der Waals surface area contributed by atoms with Gasteiger partial charge in [-0.15, -0.1) is 0 Å². The van der Waals surface area contributed by atoms with Gasteiger partial charge in [0.05, 0.1) is 0 Å². The Morgan fingerprint density at radius 1 is 0.913 bits per heavy atom. The van der Waals surface area contributed by atoms with Crippen LogP contribution in [0.3, 0.4) is 0 Å². The van der Waals surface area contributed by atoms with E-state index in [1.165, 1.54) is 6.92 Å². The predicted octanol–water partition coefficient (Wildman–Crippen LogP) is 3.30. The number of fused-ring (bicyclic) bond motifs is 2. The van der Waals surface area contributed by atoms with E-state index in [-0.39, 0.29) is 18.0 Å². The predicted molar refractivity (Wildman–Crippen MR) is 69.2 cm³/mol. The van der Waals surface area contributed by atoms with E-state index in [0.29, 0.717) is 12.8 Å². The Kier molecular flexibility index (Phi) is 3.93. The summed E-state index contributed by atoms with van der Waals surface area (Å²) in [6.07, 6.45) is 1.38. The van der Waals surface area contributed by atoms with Crippen molar-refractivity contribution in [2.24, 2.45) is 0 Å². The van der Waals surface area contributed by atoms with Crippen LogP contribution in [0.5, 0.6) is 5.75 Å². The highest BCUT2D eigenvalue weighted by Gasteiger charge is 2.43. The number of rotatable bonds is 2. The minimum Gasteiger partial charge on any atom is -0.484 e. The van der Waals surface area contributed by atoms with Crippen molar-refractivity contribution in [2.75, 3.05) is 0 Å². The molecule has 3 rings (SSSR count). The number of hydrogen-bond donors (Lipinski definition) is 0. The fraction of sp³-hybridized carbons (Fsp3) is 0.533. The Labute approximate surface area is 129 Å². The Morgan fingerprint density at radius 2 is 1.35 bits per heavy atom. The molecule has 0 spiro atoms. The number of ether oxygens (including phenoxy) is 1. The Morgan fingerprint density at radius 3 is 1.78 bits per heavy atom. The molecule has 2 bridgehead atoms. The van der Waals surface area contributed by atoms with Gasteiger partial charge in [0, 0.05) is 31.8 Å². The van der Waals surface area contributed by atoms with Gasteiger partial charge in [0.15, 0.2) is 5.75 Å². The van der Waals surface area contributed by atoms with Crippen molar-refractivity contribution in [3.05, 3.63) is 29.1 Å². The molecular formula is C15H14F5NO2. The molecule has 2 heterocycles. The summed E-state index contributed by atoms with van der Waals surface area (Å²) in [7, 11) is 0. The third-order valence-electron chi connectivity index (χ3n) is 4.51. The molecule has 0 aromatic heterocycles. The molecule has 126 valence electrons. The van der Waals surface area contributed by atoms with Crippen LogP contribution in [0.4, 0.5) is 22.0 Å². The fourth-order valence-electron chi connectivity index (χ4n) is 3.59. The minimum absolute atomic E-state index is 0.0906. The van der Waals surface area contributed by atoms with Gasteiger partial charge < -0.3 is 9.64 Å². The van der Waals surface area contributed by atoms with Crippen LogP contribution in [0.2, 0.25) is 0 Å². The Balaban J connectivity index is 1.84. The SMILES string of the molecule is CC(=O)N1[C@@H]2CC[C@H]1C[C@H](Oc1c(F)c(F)c(F)c(F)c1F)C2. The molecule has 0 radical (unpaired) electrons. The van der Waals surface area contributed by atoms with Crippen LogP contribution in [0, 0.1) is 29.1 Å². The summed E-state index contributed by atoms with van der Waals surface area (Å²) in [4.78, 5) is 13.3. The lowest BCUT2D eigenvalue weighted by atomic mass is 9.99. The lowest BCUT2D eigenvalue weighted by Gasteiger charge is -2.38. The van der Waals surface area contributed by atoms with Gasteiger partial charge in [0.2, 0.25) is 35.0 Å². The minimum atomic E-state index is -2.21. The first-order valence-corrected chi connectivity index (χ1v) is 7.28. The lowest BCUT2D eigenvalue weighted by Crippen LogP contribution is -2.48. The average Bonchev–Trinajstić information content (AvgIpc) is 2.79. The normalized spacial score (nSPS) is 26.5. The summed E-state index contributed by atoms with van der Waals surface area (Å²) in [6.45, 7) is 1.44. The van der Waals surface area contributed by atoms with E-state index in [1.54, 1.807) is 4.90 Å². The van der Waals surface area contributed by atoms with Crippen LogP contribution in [0.15, 0.2) is 0 Å². The number of nitrogens with zero attached hydrogens (tertiary/aromatic N) is 1. The van der Waals surface area contributed by atoms with Gasteiger partial charge in [-0.05, 0) is 12.8 Å². The van der Waals surface area contributed by atoms with Crippen LogP contribution < -0.4 is 4.74 Å². The number of halogens is 5.